The lowest BCUT2D eigenvalue weighted by atomic mass is 9.61. The van der Waals surface area contributed by atoms with Gasteiger partial charge in [-0.2, -0.15) is 0 Å². The molecule has 0 radical (unpaired) electrons. The molecule has 4 nitrogen and oxygen atoms in total. The van der Waals surface area contributed by atoms with E-state index in [2.05, 4.69) is 39.6 Å². The van der Waals surface area contributed by atoms with E-state index in [-0.39, 0.29) is 12.1 Å². The van der Waals surface area contributed by atoms with Crippen LogP contribution in [0.25, 0.3) is 0 Å². The average Bonchev–Trinajstić information content (AvgIpc) is 3.40. The maximum Gasteiger partial charge on any atom is 0.303 e. The van der Waals surface area contributed by atoms with Crippen LogP contribution in [0.5, 0.6) is 0 Å². The van der Waals surface area contributed by atoms with Crippen molar-refractivity contribution < 1.29 is 14.0 Å². The molecule has 6 atom stereocenters. The van der Waals surface area contributed by atoms with Gasteiger partial charge in [-0.15, -0.1) is 11.3 Å². The monoisotopic (exact) mass is 507 g/mol. The van der Waals surface area contributed by atoms with Crippen LogP contribution >= 0.6 is 11.3 Å². The van der Waals surface area contributed by atoms with Crippen LogP contribution in [0.1, 0.15) is 110 Å². The highest BCUT2D eigenvalue weighted by molar-refractivity contribution is 7.09. The smallest absolute Gasteiger partial charge is 0.303 e. The van der Waals surface area contributed by atoms with E-state index in [9.17, 15) is 4.79 Å². The summed E-state index contributed by atoms with van der Waals surface area (Å²) in [5, 5.41) is 2.99. The molecule has 1 aromatic heterocycles. The number of hydrogen-bond acceptors (Lipinski definition) is 5. The molecular weight excluding hydrogens is 458 g/mol. The zero-order valence-corrected chi connectivity index (χ0v) is 24.6. The predicted molar refractivity (Wildman–Crippen MR) is 145 cm³/mol. The minimum atomic E-state index is -1.57. The number of ether oxygens (including phenoxy) is 1. The molecule has 0 aromatic carbocycles. The third-order valence-corrected chi connectivity index (χ3v) is 15.2. The second kappa shape index (κ2) is 12.0. The van der Waals surface area contributed by atoms with Gasteiger partial charge in [0, 0.05) is 24.1 Å². The molecule has 2 aliphatic rings. The molecule has 2 unspecified atom stereocenters. The minimum absolute atomic E-state index is 0.196. The Hall–Kier alpha value is -0.723. The van der Waals surface area contributed by atoms with E-state index in [4.69, 9.17) is 9.16 Å². The highest BCUT2D eigenvalue weighted by Crippen LogP contribution is 2.59. The summed E-state index contributed by atoms with van der Waals surface area (Å²) in [6, 6.07) is 3.76. The molecule has 0 N–H and O–H groups in total. The van der Waals surface area contributed by atoms with Crippen LogP contribution < -0.4 is 0 Å². The van der Waals surface area contributed by atoms with Crippen LogP contribution in [0, 0.1) is 30.1 Å². The molecule has 0 spiro atoms. The summed E-state index contributed by atoms with van der Waals surface area (Å²) in [6.07, 6.45) is 10.1. The zero-order valence-electron chi connectivity index (χ0n) is 22.8. The number of aryl methyl sites for hydroxylation is 1. The van der Waals surface area contributed by atoms with E-state index in [1.165, 1.54) is 63.6 Å². The summed E-state index contributed by atoms with van der Waals surface area (Å²) >= 11 is 1.61. The first-order valence-electron chi connectivity index (χ1n) is 13.9. The third-order valence-electron chi connectivity index (χ3n) is 9.50. The van der Waals surface area contributed by atoms with E-state index in [1.54, 1.807) is 11.3 Å². The molecule has 0 saturated heterocycles. The molecule has 6 heteroatoms. The van der Waals surface area contributed by atoms with Gasteiger partial charge in [-0.3, -0.25) is 4.79 Å². The highest BCUT2D eigenvalue weighted by Gasteiger charge is 2.53. The van der Waals surface area contributed by atoms with E-state index >= 15 is 0 Å². The number of carbonyl (C=O) groups excluding carboxylic acids is 1. The van der Waals surface area contributed by atoms with Gasteiger partial charge in [0.2, 0.25) is 0 Å². The minimum Gasteiger partial charge on any atom is -0.455 e. The fourth-order valence-corrected chi connectivity index (χ4v) is 11.1. The van der Waals surface area contributed by atoms with Crippen LogP contribution in [0.3, 0.4) is 0 Å². The Morgan fingerprint density at radius 2 is 1.91 bits per heavy atom. The Balaban J connectivity index is 1.61. The van der Waals surface area contributed by atoms with E-state index in [0.717, 1.165) is 35.4 Å². The molecule has 0 amide bonds. The van der Waals surface area contributed by atoms with Crippen LogP contribution in [0.15, 0.2) is 5.38 Å². The lowest BCUT2D eigenvalue weighted by Crippen LogP contribution is -2.48. The molecular formula is C28H49NO3SSi. The van der Waals surface area contributed by atoms with Crippen molar-refractivity contribution in [3.63, 3.8) is 0 Å². The standard InChI is InChI=1S/C28H49NO3SSi/c1-8-34(9-2,10-3)32-25-15-12-18-28(7)23(16-17-24(25)28)20(4)13-11-14-26(31-22(6)30)27-29-21(5)19-33-27/h19-20,23-26H,8-18H2,1-7H3/t20?,23?,24-,25-,26+,28+/m0/s1. The summed E-state index contributed by atoms with van der Waals surface area (Å²) in [4.78, 5) is 16.3. The van der Waals surface area contributed by atoms with E-state index < -0.39 is 8.32 Å². The summed E-state index contributed by atoms with van der Waals surface area (Å²) in [6.45, 7) is 15.6. The fourth-order valence-electron chi connectivity index (χ4n) is 7.34. The Morgan fingerprint density at radius 1 is 1.21 bits per heavy atom. The van der Waals surface area contributed by atoms with Crippen LogP contribution in [-0.4, -0.2) is 25.4 Å². The first kappa shape index (κ1) is 27.9. The first-order valence-corrected chi connectivity index (χ1v) is 17.4. The van der Waals surface area contributed by atoms with Gasteiger partial charge in [0.25, 0.3) is 0 Å². The summed E-state index contributed by atoms with van der Waals surface area (Å²) < 4.78 is 12.8. The van der Waals surface area contributed by atoms with Gasteiger partial charge in [-0.05, 0) is 86.7 Å². The van der Waals surface area contributed by atoms with Gasteiger partial charge in [0.15, 0.2) is 14.4 Å². The first-order chi connectivity index (χ1) is 16.2. The third kappa shape index (κ3) is 6.15. The number of aromatic nitrogens is 1. The number of rotatable bonds is 12. The molecule has 2 saturated carbocycles. The van der Waals surface area contributed by atoms with Crippen LogP contribution in [-0.2, 0) is 14.0 Å². The van der Waals surface area contributed by atoms with Crippen molar-refractivity contribution in [1.29, 1.82) is 0 Å². The van der Waals surface area contributed by atoms with Gasteiger partial charge < -0.3 is 9.16 Å². The Morgan fingerprint density at radius 3 is 2.50 bits per heavy atom. The Kier molecular flexibility index (Phi) is 9.84. The number of hydrogen-bond donors (Lipinski definition) is 0. The maximum atomic E-state index is 11.7. The van der Waals surface area contributed by atoms with E-state index in [0.29, 0.717) is 17.4 Å². The second-order valence-corrected chi connectivity index (χ2v) is 17.0. The molecule has 2 fully saturated rings. The average molecular weight is 508 g/mol. The van der Waals surface area contributed by atoms with Crippen molar-refractivity contribution in [1.82, 2.24) is 4.98 Å². The summed E-state index contributed by atoms with van der Waals surface area (Å²) in [5.41, 5.74) is 1.42. The quantitative estimate of drug-likeness (QED) is 0.210. The van der Waals surface area contributed by atoms with Crippen molar-refractivity contribution >= 4 is 25.6 Å². The van der Waals surface area contributed by atoms with Gasteiger partial charge in [0.1, 0.15) is 5.01 Å². The number of carbonyl (C=O) groups is 1. The highest BCUT2D eigenvalue weighted by atomic mass is 32.1. The second-order valence-electron chi connectivity index (χ2n) is 11.4. The molecule has 1 aromatic rings. The van der Waals surface area contributed by atoms with Crippen molar-refractivity contribution in [3.8, 4) is 0 Å². The number of nitrogens with zero attached hydrogens (tertiary/aromatic N) is 1. The maximum absolute atomic E-state index is 11.7. The van der Waals surface area contributed by atoms with Crippen molar-refractivity contribution in [2.75, 3.05) is 0 Å². The van der Waals surface area contributed by atoms with Gasteiger partial charge in [0.05, 0.1) is 0 Å². The molecule has 2 aliphatic carbocycles. The number of esters is 1. The summed E-state index contributed by atoms with van der Waals surface area (Å²) in [5.74, 6) is 1.99. The van der Waals surface area contributed by atoms with Crippen molar-refractivity contribution in [2.45, 2.75) is 130 Å². The largest absolute Gasteiger partial charge is 0.455 e. The molecule has 3 rings (SSSR count). The van der Waals surface area contributed by atoms with Gasteiger partial charge in [-0.25, -0.2) is 4.98 Å². The Labute approximate surface area is 213 Å². The SMILES string of the molecule is CC[Si](CC)(CC)O[C@H]1CCC[C@]2(C)C(C(C)CCC[C@@H](OC(C)=O)c3nc(C)cs3)CC[C@@H]12. The molecule has 194 valence electrons. The molecule has 0 aliphatic heterocycles. The molecule has 0 bridgehead atoms. The zero-order chi connectivity index (χ0) is 24.9. The van der Waals surface area contributed by atoms with Crippen LogP contribution in [0.2, 0.25) is 18.1 Å². The number of fused-ring (bicyclic) bond motifs is 1. The lowest BCUT2D eigenvalue weighted by molar-refractivity contribution is -0.147. The summed E-state index contributed by atoms with van der Waals surface area (Å²) in [7, 11) is -1.57. The molecule has 34 heavy (non-hydrogen) atoms. The lowest BCUT2D eigenvalue weighted by Gasteiger charge is -2.49. The topological polar surface area (TPSA) is 48.4 Å². The van der Waals surface area contributed by atoms with Crippen molar-refractivity contribution in [3.05, 3.63) is 16.1 Å². The normalized spacial score (nSPS) is 29.0. The van der Waals surface area contributed by atoms with Crippen LogP contribution in [0.4, 0.5) is 0 Å². The van der Waals surface area contributed by atoms with Gasteiger partial charge >= 0.3 is 5.97 Å². The molecule has 1 heterocycles. The van der Waals surface area contributed by atoms with Gasteiger partial charge in [-0.1, -0.05) is 47.5 Å². The Bertz CT molecular complexity index is 786. The van der Waals surface area contributed by atoms with E-state index in [1.807, 2.05) is 12.3 Å². The van der Waals surface area contributed by atoms with Crippen molar-refractivity contribution in [2.24, 2.45) is 23.2 Å². The fraction of sp³-hybridized carbons (Fsp3) is 0.857. The predicted octanol–water partition coefficient (Wildman–Crippen LogP) is 8.47. The number of thiazole rings is 1.